The van der Waals surface area contributed by atoms with Gasteiger partial charge in [-0.25, -0.2) is 0 Å². The second-order valence-electron chi connectivity index (χ2n) is 11.0. The van der Waals surface area contributed by atoms with Crippen LogP contribution in [-0.4, -0.2) is 0 Å². The van der Waals surface area contributed by atoms with Gasteiger partial charge in [-0.3, -0.25) is 0 Å². The molecule has 0 unspecified atom stereocenters. The summed E-state index contributed by atoms with van der Waals surface area (Å²) in [5.41, 5.74) is 6.36. The lowest BCUT2D eigenvalue weighted by atomic mass is 10.0. The van der Waals surface area contributed by atoms with Crippen LogP contribution in [0.4, 0.5) is 0 Å². The van der Waals surface area contributed by atoms with Gasteiger partial charge in [-0.2, -0.15) is 0 Å². The van der Waals surface area contributed by atoms with Crippen LogP contribution in [0.5, 0.6) is 0 Å². The summed E-state index contributed by atoms with van der Waals surface area (Å²) in [6.07, 6.45) is 18.8. The van der Waals surface area contributed by atoms with E-state index in [1.54, 1.807) is 51.5 Å². The molecule has 0 radical (unpaired) electrons. The minimum atomic E-state index is 1.21. The van der Waals surface area contributed by atoms with Crippen molar-refractivity contribution >= 4 is 45.3 Å². The smallest absolute Gasteiger partial charge is 0.0480 e. The summed E-state index contributed by atoms with van der Waals surface area (Å²) in [5, 5.41) is 4.63. The number of hydrogen-bond acceptors (Lipinski definition) is 4. The molecule has 0 bridgehead atoms. The van der Waals surface area contributed by atoms with Crippen LogP contribution < -0.4 is 0 Å². The summed E-state index contributed by atoms with van der Waals surface area (Å²) in [5.74, 6) is 0. The van der Waals surface area contributed by atoms with Gasteiger partial charge in [0.25, 0.3) is 0 Å². The molecule has 0 aromatic carbocycles. The first-order chi connectivity index (χ1) is 19.2. The monoisotopic (exact) mass is 596 g/mol. The minimum Gasteiger partial charge on any atom is -0.143 e. The molecule has 4 heterocycles. The first-order valence-corrected chi connectivity index (χ1v) is 18.9. The topological polar surface area (TPSA) is 0 Å². The van der Waals surface area contributed by atoms with Gasteiger partial charge >= 0.3 is 0 Å². The fourth-order valence-electron chi connectivity index (χ4n) is 5.34. The second-order valence-corrected chi connectivity index (χ2v) is 15.1. The van der Waals surface area contributed by atoms with Crippen LogP contribution in [-0.2, 0) is 38.5 Å². The first-order valence-electron chi connectivity index (χ1n) is 15.5. The Morgan fingerprint density at radius 3 is 1.21 bits per heavy atom. The first kappa shape index (κ1) is 30.8. The molecule has 4 rings (SSSR count). The van der Waals surface area contributed by atoms with Crippen LogP contribution in [0.15, 0.2) is 35.0 Å². The van der Waals surface area contributed by atoms with Crippen molar-refractivity contribution in [2.45, 2.75) is 124 Å². The average molecular weight is 597 g/mol. The van der Waals surface area contributed by atoms with Gasteiger partial charge in [0.05, 0.1) is 0 Å². The molecule has 0 amide bonds. The van der Waals surface area contributed by atoms with Crippen molar-refractivity contribution in [3.63, 3.8) is 0 Å². The standard InChI is InChI=1S/C35H48S4/c1-5-9-14-26-20-22-36-32(26)34-28(16-11-7-3)24-30(38-34)18-13-19-31-25-29(17-12-8-4)35(39-31)33-27(15-10-6-2)21-23-37-33/h20-25H,5-19H2,1-4H3. The van der Waals surface area contributed by atoms with Gasteiger partial charge in [0.1, 0.15) is 0 Å². The zero-order valence-corrected chi connectivity index (χ0v) is 28.0. The van der Waals surface area contributed by atoms with Crippen molar-refractivity contribution in [2.24, 2.45) is 0 Å². The van der Waals surface area contributed by atoms with Gasteiger partial charge in [-0.1, -0.05) is 53.4 Å². The maximum atomic E-state index is 2.57. The van der Waals surface area contributed by atoms with E-state index in [0.717, 1.165) is 0 Å². The summed E-state index contributed by atoms with van der Waals surface area (Å²) >= 11 is 8.11. The lowest BCUT2D eigenvalue weighted by Gasteiger charge is -2.05. The van der Waals surface area contributed by atoms with Gasteiger partial charge in [0.2, 0.25) is 0 Å². The molecule has 4 aromatic rings. The third-order valence-corrected chi connectivity index (χ3v) is 12.4. The molecule has 0 fully saturated rings. The van der Waals surface area contributed by atoms with Crippen molar-refractivity contribution < 1.29 is 0 Å². The van der Waals surface area contributed by atoms with Crippen LogP contribution in [0.25, 0.3) is 19.5 Å². The zero-order valence-electron chi connectivity index (χ0n) is 24.7. The van der Waals surface area contributed by atoms with Gasteiger partial charge in [-0.05, 0) is 128 Å². The number of hydrogen-bond donors (Lipinski definition) is 0. The molecule has 0 nitrogen and oxygen atoms in total. The predicted octanol–water partition coefficient (Wildman–Crippen LogP) is 12.8. The quantitative estimate of drug-likeness (QED) is 0.107. The summed E-state index contributed by atoms with van der Waals surface area (Å²) in [6.45, 7) is 9.24. The molecule has 4 heteroatoms. The molecule has 0 aliphatic carbocycles. The Labute approximate surface area is 254 Å². The highest BCUT2D eigenvalue weighted by atomic mass is 32.1. The SMILES string of the molecule is CCCCc1ccsc1-c1sc(CCCc2cc(CCCC)c(-c3sccc3CCCC)s2)cc1CCCC. The highest BCUT2D eigenvalue weighted by Gasteiger charge is 2.17. The normalized spacial score (nSPS) is 11.6. The maximum Gasteiger partial charge on any atom is 0.0480 e. The van der Waals surface area contributed by atoms with Crippen molar-refractivity contribution in [3.8, 4) is 19.5 Å². The van der Waals surface area contributed by atoms with Crippen molar-refractivity contribution in [1.29, 1.82) is 0 Å². The average Bonchev–Trinajstić information content (AvgIpc) is 3.74. The van der Waals surface area contributed by atoms with Crippen molar-refractivity contribution in [3.05, 3.63) is 67.0 Å². The van der Waals surface area contributed by atoms with E-state index in [0.29, 0.717) is 0 Å². The molecule has 0 aliphatic rings. The fraction of sp³-hybridized carbons (Fsp3) is 0.543. The molecule has 0 saturated heterocycles. The highest BCUT2D eigenvalue weighted by Crippen LogP contribution is 2.42. The molecule has 212 valence electrons. The molecule has 0 saturated carbocycles. The minimum absolute atomic E-state index is 1.21. The van der Waals surface area contributed by atoms with E-state index in [-0.39, 0.29) is 0 Å². The lowest BCUT2D eigenvalue weighted by Crippen LogP contribution is -1.88. The Morgan fingerprint density at radius 1 is 0.436 bits per heavy atom. The zero-order chi connectivity index (χ0) is 27.5. The second kappa shape index (κ2) is 16.3. The van der Waals surface area contributed by atoms with Crippen molar-refractivity contribution in [1.82, 2.24) is 0 Å². The van der Waals surface area contributed by atoms with Crippen LogP contribution in [0.1, 0.15) is 117 Å². The third kappa shape index (κ3) is 8.41. The van der Waals surface area contributed by atoms with E-state index >= 15 is 0 Å². The van der Waals surface area contributed by atoms with Crippen LogP contribution in [0.3, 0.4) is 0 Å². The van der Waals surface area contributed by atoms with Crippen LogP contribution in [0.2, 0.25) is 0 Å². The van der Waals surface area contributed by atoms with Gasteiger partial charge in [0.15, 0.2) is 0 Å². The maximum absolute atomic E-state index is 2.57. The summed E-state index contributed by atoms with van der Waals surface area (Å²) in [7, 11) is 0. The summed E-state index contributed by atoms with van der Waals surface area (Å²) in [4.78, 5) is 9.46. The van der Waals surface area contributed by atoms with Gasteiger partial charge in [0, 0.05) is 29.3 Å². The number of unbranched alkanes of at least 4 members (excludes halogenated alkanes) is 4. The Morgan fingerprint density at radius 2 is 0.821 bits per heavy atom. The van der Waals surface area contributed by atoms with Crippen LogP contribution in [0, 0.1) is 0 Å². The van der Waals surface area contributed by atoms with E-state index in [1.165, 1.54) is 96.3 Å². The molecule has 0 atom stereocenters. The number of rotatable bonds is 18. The Kier molecular flexibility index (Phi) is 12.8. The van der Waals surface area contributed by atoms with Gasteiger partial charge < -0.3 is 0 Å². The Bertz CT molecular complexity index is 1150. The molecular formula is C35H48S4. The predicted molar refractivity (Wildman–Crippen MR) is 182 cm³/mol. The van der Waals surface area contributed by atoms with Crippen LogP contribution >= 0.6 is 45.3 Å². The fourth-order valence-corrected chi connectivity index (χ4v) is 10.2. The van der Waals surface area contributed by atoms with E-state index in [9.17, 15) is 0 Å². The molecular weight excluding hydrogens is 549 g/mol. The highest BCUT2D eigenvalue weighted by molar-refractivity contribution is 7.22. The van der Waals surface area contributed by atoms with E-state index in [1.807, 2.05) is 22.7 Å². The largest absolute Gasteiger partial charge is 0.143 e. The number of thiophene rings is 4. The molecule has 0 spiro atoms. The lowest BCUT2D eigenvalue weighted by molar-refractivity contribution is 0.791. The van der Waals surface area contributed by atoms with E-state index < -0.39 is 0 Å². The van der Waals surface area contributed by atoms with Gasteiger partial charge in [-0.15, -0.1) is 45.3 Å². The Hall–Kier alpha value is -1.20. The molecule has 0 N–H and O–H groups in total. The van der Waals surface area contributed by atoms with Crippen molar-refractivity contribution in [2.75, 3.05) is 0 Å². The Balaban J connectivity index is 1.48. The van der Waals surface area contributed by atoms with E-state index in [4.69, 9.17) is 0 Å². The number of aryl methyl sites for hydroxylation is 6. The summed E-state index contributed by atoms with van der Waals surface area (Å²) in [6, 6.07) is 9.89. The third-order valence-electron chi connectivity index (χ3n) is 7.67. The molecule has 39 heavy (non-hydrogen) atoms. The summed E-state index contributed by atoms with van der Waals surface area (Å²) < 4.78 is 0. The van der Waals surface area contributed by atoms with E-state index in [2.05, 4.69) is 85.4 Å². The molecule has 4 aromatic heterocycles. The molecule has 0 aliphatic heterocycles.